The molecule has 7 nitrogen and oxygen atoms in total. The van der Waals surface area contributed by atoms with Gasteiger partial charge in [-0.2, -0.15) is 0 Å². The highest BCUT2D eigenvalue weighted by atomic mass is 32.2. The maximum atomic E-state index is 11.7. The predicted molar refractivity (Wildman–Crippen MR) is 150 cm³/mol. The third kappa shape index (κ3) is 6.55. The monoisotopic (exact) mass is 542 g/mol. The number of aliphatic hydroxyl groups excluding tert-OH is 1. The van der Waals surface area contributed by atoms with Crippen LogP contribution in [0.2, 0.25) is 0 Å². The Bertz CT molecular complexity index is 1430. The molecule has 3 aromatic carbocycles. The van der Waals surface area contributed by atoms with Crippen LogP contribution in [0, 0.1) is 0 Å². The number of carboxylic acids is 1. The summed E-state index contributed by atoms with van der Waals surface area (Å²) < 4.78 is 12.9. The molecule has 0 bridgehead atoms. The van der Waals surface area contributed by atoms with Gasteiger partial charge in [-0.1, -0.05) is 60.7 Å². The Hall–Kier alpha value is -3.53. The number of aromatic carboxylic acids is 1. The normalized spacial score (nSPS) is 19.1. The number of nitrogens with zero attached hydrogens (tertiary/aromatic N) is 1. The van der Waals surface area contributed by atoms with Gasteiger partial charge in [0.15, 0.2) is 6.29 Å². The Balaban J connectivity index is 1.41. The van der Waals surface area contributed by atoms with E-state index >= 15 is 0 Å². The average Bonchev–Trinajstić information content (AvgIpc) is 3.00. The first-order valence-electron chi connectivity index (χ1n) is 12.7. The van der Waals surface area contributed by atoms with Crippen molar-refractivity contribution < 1.29 is 24.5 Å². The first-order valence-corrected chi connectivity index (χ1v) is 13.7. The fraction of sp³-hybridized carbons (Fsp3) is 0.226. The highest BCUT2D eigenvalue weighted by molar-refractivity contribution is 7.99. The highest BCUT2D eigenvalue weighted by Crippen LogP contribution is 2.40. The summed E-state index contributed by atoms with van der Waals surface area (Å²) in [5.74, 6) is -0.491. The van der Waals surface area contributed by atoms with Gasteiger partial charge in [0.25, 0.3) is 0 Å². The van der Waals surface area contributed by atoms with Crippen molar-refractivity contribution in [3.8, 4) is 11.1 Å². The molecule has 0 spiro atoms. The summed E-state index contributed by atoms with van der Waals surface area (Å²) in [6.45, 7) is 0.448. The number of carboxylic acid groups (broad SMARTS) is 1. The number of ether oxygens (including phenoxy) is 2. The summed E-state index contributed by atoms with van der Waals surface area (Å²) in [6, 6.07) is 27.2. The van der Waals surface area contributed by atoms with Crippen LogP contribution in [0.3, 0.4) is 0 Å². The second kappa shape index (κ2) is 12.5. The van der Waals surface area contributed by atoms with Gasteiger partial charge in [-0.3, -0.25) is 0 Å². The first-order chi connectivity index (χ1) is 19.0. The number of thioether (sulfide) groups is 1. The van der Waals surface area contributed by atoms with Gasteiger partial charge in [0.1, 0.15) is 5.03 Å². The van der Waals surface area contributed by atoms with E-state index in [-0.39, 0.29) is 24.4 Å². The second-order valence-electron chi connectivity index (χ2n) is 9.35. The van der Waals surface area contributed by atoms with Gasteiger partial charge in [-0.05, 0) is 52.1 Å². The van der Waals surface area contributed by atoms with Gasteiger partial charge >= 0.3 is 5.97 Å². The number of benzene rings is 3. The van der Waals surface area contributed by atoms with E-state index in [0.717, 1.165) is 33.4 Å². The molecule has 200 valence electrons. The molecule has 0 amide bonds. The maximum absolute atomic E-state index is 11.7. The van der Waals surface area contributed by atoms with Crippen molar-refractivity contribution in [3.63, 3.8) is 0 Å². The van der Waals surface area contributed by atoms with E-state index in [1.807, 2.05) is 48.5 Å². The fourth-order valence-electron chi connectivity index (χ4n) is 4.61. The quantitative estimate of drug-likeness (QED) is 0.230. The number of carbonyl (C=O) groups is 1. The van der Waals surface area contributed by atoms with Crippen LogP contribution in [0.5, 0.6) is 0 Å². The summed E-state index contributed by atoms with van der Waals surface area (Å²) in [5, 5.41) is 19.5. The smallest absolute Gasteiger partial charge is 0.338 e. The Labute approximate surface area is 231 Å². The van der Waals surface area contributed by atoms with Crippen molar-refractivity contribution >= 4 is 17.7 Å². The topological polar surface area (TPSA) is 115 Å². The van der Waals surface area contributed by atoms with E-state index in [1.54, 1.807) is 18.3 Å². The van der Waals surface area contributed by atoms with E-state index in [9.17, 15) is 15.0 Å². The van der Waals surface area contributed by atoms with Gasteiger partial charge in [0.2, 0.25) is 0 Å². The second-order valence-corrected chi connectivity index (χ2v) is 10.4. The number of hydrogen-bond acceptors (Lipinski definition) is 7. The minimum atomic E-state index is -1.01. The van der Waals surface area contributed by atoms with Crippen molar-refractivity contribution in [1.82, 2.24) is 4.98 Å². The lowest BCUT2D eigenvalue weighted by atomic mass is 9.99. The molecule has 39 heavy (non-hydrogen) atoms. The minimum Gasteiger partial charge on any atom is -0.478 e. The van der Waals surface area contributed by atoms with E-state index in [4.69, 9.17) is 15.2 Å². The SMILES string of the molecule is NCc1cccc(-c2cccc([C@H]3O[C@@H](CSc4ncccc4C(=O)O)C[C@@H](c4ccc(CO)cc4)O3)c2)c1. The van der Waals surface area contributed by atoms with Crippen molar-refractivity contribution in [1.29, 1.82) is 0 Å². The summed E-state index contributed by atoms with van der Waals surface area (Å²) >= 11 is 1.37. The molecule has 1 fully saturated rings. The minimum absolute atomic E-state index is 0.0229. The Morgan fingerprint density at radius 2 is 1.69 bits per heavy atom. The maximum Gasteiger partial charge on any atom is 0.338 e. The van der Waals surface area contributed by atoms with Crippen molar-refractivity contribution in [2.24, 2.45) is 5.73 Å². The number of aromatic nitrogens is 1. The van der Waals surface area contributed by atoms with E-state index in [2.05, 4.69) is 29.2 Å². The van der Waals surface area contributed by atoms with Crippen LogP contribution in [-0.4, -0.2) is 33.0 Å². The van der Waals surface area contributed by atoms with Crippen LogP contribution in [0.15, 0.2) is 96.2 Å². The first kappa shape index (κ1) is 27.1. The van der Waals surface area contributed by atoms with Crippen molar-refractivity contribution in [2.75, 3.05) is 5.75 Å². The van der Waals surface area contributed by atoms with Gasteiger partial charge in [0, 0.05) is 30.5 Å². The number of nitrogens with two attached hydrogens (primary N) is 1. The number of pyridine rings is 1. The van der Waals surface area contributed by atoms with Crippen molar-refractivity contribution in [2.45, 2.75) is 43.1 Å². The van der Waals surface area contributed by atoms with Gasteiger partial charge in [-0.15, -0.1) is 11.8 Å². The van der Waals surface area contributed by atoms with Gasteiger partial charge in [-0.25, -0.2) is 9.78 Å². The Kier molecular flexibility index (Phi) is 8.71. The molecule has 1 aliphatic heterocycles. The summed E-state index contributed by atoms with van der Waals surface area (Å²) in [7, 11) is 0. The van der Waals surface area contributed by atoms with Crippen LogP contribution in [0.4, 0.5) is 0 Å². The molecule has 1 aliphatic rings. The number of hydrogen-bond donors (Lipinski definition) is 3. The van der Waals surface area contributed by atoms with Crippen LogP contribution in [0.1, 0.15) is 51.4 Å². The standard InChI is InChI=1S/C31H30N2O5S/c32-17-21-4-1-5-23(14-21)24-6-2-7-25(15-24)31-37-26(19-39-29-27(30(35)36)8-3-13-33-29)16-28(38-31)22-11-9-20(18-34)10-12-22/h1-15,26,28,31,34H,16-19,32H2,(H,35,36)/t26-,28+,31+/m1/s1. The van der Waals surface area contributed by atoms with E-state index < -0.39 is 12.3 Å². The summed E-state index contributed by atoms with van der Waals surface area (Å²) in [5.41, 5.74) is 11.9. The highest BCUT2D eigenvalue weighted by Gasteiger charge is 2.32. The molecule has 4 aromatic rings. The van der Waals surface area contributed by atoms with E-state index in [0.29, 0.717) is 23.7 Å². The summed E-state index contributed by atoms with van der Waals surface area (Å²) in [4.78, 5) is 15.9. The average molecular weight is 543 g/mol. The molecule has 4 N–H and O–H groups in total. The molecule has 8 heteroatoms. The zero-order chi connectivity index (χ0) is 27.2. The lowest BCUT2D eigenvalue weighted by Crippen LogP contribution is -2.31. The molecule has 2 heterocycles. The molecular weight excluding hydrogens is 512 g/mol. The van der Waals surface area contributed by atoms with Crippen LogP contribution in [-0.2, 0) is 22.6 Å². The molecule has 1 saturated heterocycles. The molecule has 1 aromatic heterocycles. The zero-order valence-corrected chi connectivity index (χ0v) is 22.1. The third-order valence-electron chi connectivity index (χ3n) is 6.68. The third-order valence-corrected chi connectivity index (χ3v) is 7.81. The fourth-order valence-corrected chi connectivity index (χ4v) is 5.61. The van der Waals surface area contributed by atoms with E-state index in [1.165, 1.54) is 11.8 Å². The Morgan fingerprint density at radius 3 is 2.44 bits per heavy atom. The number of aliphatic hydroxyl groups is 1. The zero-order valence-electron chi connectivity index (χ0n) is 21.3. The molecule has 0 radical (unpaired) electrons. The molecule has 0 aliphatic carbocycles. The number of rotatable bonds is 9. The Morgan fingerprint density at radius 1 is 0.923 bits per heavy atom. The largest absolute Gasteiger partial charge is 0.478 e. The van der Waals surface area contributed by atoms with Crippen LogP contribution in [0.25, 0.3) is 11.1 Å². The molecular formula is C31H30N2O5S. The molecule has 5 rings (SSSR count). The predicted octanol–water partition coefficient (Wildman–Crippen LogP) is 5.74. The van der Waals surface area contributed by atoms with Crippen LogP contribution < -0.4 is 5.73 Å². The lowest BCUT2D eigenvalue weighted by molar-refractivity contribution is -0.245. The van der Waals surface area contributed by atoms with Gasteiger partial charge < -0.3 is 25.4 Å². The summed E-state index contributed by atoms with van der Waals surface area (Å²) in [6.07, 6.45) is 1.11. The molecule has 0 unspecified atom stereocenters. The van der Waals surface area contributed by atoms with Crippen LogP contribution >= 0.6 is 11.8 Å². The lowest BCUT2D eigenvalue weighted by Gasteiger charge is -2.36. The van der Waals surface area contributed by atoms with Crippen molar-refractivity contribution in [3.05, 3.63) is 119 Å². The van der Waals surface area contributed by atoms with Gasteiger partial charge in [0.05, 0.1) is 24.4 Å². The molecule has 0 saturated carbocycles. The molecule has 3 atom stereocenters.